The van der Waals surface area contributed by atoms with Crippen LogP contribution in [0.15, 0.2) is 29.1 Å². The summed E-state index contributed by atoms with van der Waals surface area (Å²) >= 11 is 9.26. The summed E-state index contributed by atoms with van der Waals surface area (Å²) in [6.45, 7) is 0.695. The van der Waals surface area contributed by atoms with Crippen molar-refractivity contribution in [2.75, 3.05) is 5.32 Å². The first-order valence-electron chi connectivity index (χ1n) is 4.99. The molecular formula is C11H8ClN3S2. The first kappa shape index (κ1) is 11.0. The zero-order valence-corrected chi connectivity index (χ0v) is 11.1. The van der Waals surface area contributed by atoms with Crippen molar-refractivity contribution >= 4 is 49.6 Å². The van der Waals surface area contributed by atoms with Gasteiger partial charge in [-0.2, -0.15) is 0 Å². The van der Waals surface area contributed by atoms with Crippen molar-refractivity contribution in [3.8, 4) is 0 Å². The zero-order valence-electron chi connectivity index (χ0n) is 8.68. The number of thiazole rings is 2. The minimum absolute atomic E-state index is 0.695. The van der Waals surface area contributed by atoms with Crippen LogP contribution in [0.25, 0.3) is 10.2 Å². The van der Waals surface area contributed by atoms with Crippen molar-refractivity contribution < 1.29 is 0 Å². The Labute approximate surface area is 111 Å². The van der Waals surface area contributed by atoms with Crippen molar-refractivity contribution in [3.63, 3.8) is 0 Å². The number of benzene rings is 1. The maximum absolute atomic E-state index is 6.10. The molecular weight excluding hydrogens is 274 g/mol. The molecule has 3 nitrogen and oxygen atoms in total. The summed E-state index contributed by atoms with van der Waals surface area (Å²) < 4.78 is 1.02. The number of hydrogen-bond acceptors (Lipinski definition) is 5. The number of nitrogens with zero attached hydrogens (tertiary/aromatic N) is 2. The molecule has 6 heteroatoms. The highest BCUT2D eigenvalue weighted by molar-refractivity contribution is 7.22. The maximum atomic E-state index is 6.10. The fourth-order valence-electron chi connectivity index (χ4n) is 1.48. The summed E-state index contributed by atoms with van der Waals surface area (Å²) in [6.07, 6.45) is 0. The fraction of sp³-hybridized carbons (Fsp3) is 0.0909. The molecule has 2 aromatic heterocycles. The third kappa shape index (κ3) is 2.26. The molecule has 0 aliphatic rings. The second-order valence-corrected chi connectivity index (χ2v) is 5.57. The van der Waals surface area contributed by atoms with Gasteiger partial charge in [-0.15, -0.1) is 11.3 Å². The first-order valence-corrected chi connectivity index (χ1v) is 7.12. The van der Waals surface area contributed by atoms with Crippen LogP contribution in [0.4, 0.5) is 5.13 Å². The molecule has 0 bridgehead atoms. The maximum Gasteiger partial charge on any atom is 0.184 e. The fourth-order valence-corrected chi connectivity index (χ4v) is 3.19. The molecule has 0 fully saturated rings. The summed E-state index contributed by atoms with van der Waals surface area (Å²) in [5.74, 6) is 0. The van der Waals surface area contributed by atoms with E-state index < -0.39 is 0 Å². The minimum Gasteiger partial charge on any atom is -0.356 e. The molecule has 0 aliphatic carbocycles. The average molecular weight is 282 g/mol. The van der Waals surface area contributed by atoms with Gasteiger partial charge in [-0.05, 0) is 12.1 Å². The van der Waals surface area contributed by atoms with E-state index in [-0.39, 0.29) is 0 Å². The van der Waals surface area contributed by atoms with Crippen LogP contribution in [0.5, 0.6) is 0 Å². The highest BCUT2D eigenvalue weighted by Crippen LogP contribution is 2.31. The second kappa shape index (κ2) is 4.60. The number of halogens is 1. The highest BCUT2D eigenvalue weighted by Gasteiger charge is 2.06. The van der Waals surface area contributed by atoms with Crippen LogP contribution < -0.4 is 5.32 Å². The van der Waals surface area contributed by atoms with Gasteiger partial charge in [0.2, 0.25) is 0 Å². The van der Waals surface area contributed by atoms with Gasteiger partial charge in [0, 0.05) is 5.38 Å². The van der Waals surface area contributed by atoms with Gasteiger partial charge in [-0.1, -0.05) is 29.0 Å². The van der Waals surface area contributed by atoms with Crippen molar-refractivity contribution in [2.24, 2.45) is 0 Å². The molecule has 0 radical (unpaired) electrons. The second-order valence-electron chi connectivity index (χ2n) is 3.44. The van der Waals surface area contributed by atoms with E-state index in [0.29, 0.717) is 6.54 Å². The van der Waals surface area contributed by atoms with Gasteiger partial charge in [-0.3, -0.25) is 0 Å². The standard InChI is InChI=1S/C11H8ClN3S2/c12-8-2-1-3-9-10(8)17-11(15-9)13-4-7-5-16-6-14-7/h1-3,5-6H,4H2,(H,13,15). The number of fused-ring (bicyclic) bond motifs is 1. The minimum atomic E-state index is 0.695. The molecule has 86 valence electrons. The Morgan fingerprint density at radius 2 is 2.29 bits per heavy atom. The molecule has 1 N–H and O–H groups in total. The zero-order chi connectivity index (χ0) is 11.7. The smallest absolute Gasteiger partial charge is 0.184 e. The van der Waals surface area contributed by atoms with E-state index in [0.717, 1.165) is 26.1 Å². The monoisotopic (exact) mass is 281 g/mol. The van der Waals surface area contributed by atoms with E-state index in [1.807, 2.05) is 29.1 Å². The van der Waals surface area contributed by atoms with Crippen molar-refractivity contribution in [2.45, 2.75) is 6.54 Å². The van der Waals surface area contributed by atoms with Gasteiger partial charge in [0.15, 0.2) is 5.13 Å². The highest BCUT2D eigenvalue weighted by atomic mass is 35.5. The molecule has 0 unspecified atom stereocenters. The third-order valence-corrected chi connectivity index (χ3v) is 4.40. The molecule has 0 amide bonds. The van der Waals surface area contributed by atoms with Gasteiger partial charge >= 0.3 is 0 Å². The Balaban J connectivity index is 1.84. The molecule has 0 saturated carbocycles. The van der Waals surface area contributed by atoms with E-state index in [1.165, 1.54) is 0 Å². The van der Waals surface area contributed by atoms with Crippen LogP contribution >= 0.6 is 34.3 Å². The Morgan fingerprint density at radius 3 is 3.06 bits per heavy atom. The van der Waals surface area contributed by atoms with E-state index in [4.69, 9.17) is 11.6 Å². The average Bonchev–Trinajstić information content (AvgIpc) is 2.95. The van der Waals surface area contributed by atoms with Gasteiger partial charge < -0.3 is 5.32 Å². The van der Waals surface area contributed by atoms with Crippen LogP contribution in [-0.2, 0) is 6.54 Å². The molecule has 1 aromatic carbocycles. The number of aromatic nitrogens is 2. The van der Waals surface area contributed by atoms with Crippen LogP contribution in [0.2, 0.25) is 5.02 Å². The molecule has 0 saturated heterocycles. The molecule has 0 atom stereocenters. The summed E-state index contributed by atoms with van der Waals surface area (Å²) in [6, 6.07) is 5.76. The lowest BCUT2D eigenvalue weighted by molar-refractivity contribution is 1.07. The van der Waals surface area contributed by atoms with Gasteiger partial charge in [-0.25, -0.2) is 9.97 Å². The normalized spacial score (nSPS) is 10.9. The van der Waals surface area contributed by atoms with E-state index >= 15 is 0 Å². The van der Waals surface area contributed by atoms with E-state index in [9.17, 15) is 0 Å². The summed E-state index contributed by atoms with van der Waals surface area (Å²) in [5, 5.41) is 6.91. The Morgan fingerprint density at radius 1 is 1.35 bits per heavy atom. The predicted octanol–water partition coefficient (Wildman–Crippen LogP) is 4.02. The summed E-state index contributed by atoms with van der Waals surface area (Å²) in [5.41, 5.74) is 3.79. The Hall–Kier alpha value is -1.17. The van der Waals surface area contributed by atoms with Crippen LogP contribution in [0.1, 0.15) is 5.69 Å². The number of anilines is 1. The lowest BCUT2D eigenvalue weighted by atomic mass is 10.3. The lowest BCUT2D eigenvalue weighted by Crippen LogP contribution is -1.98. The van der Waals surface area contributed by atoms with Crippen LogP contribution in [0.3, 0.4) is 0 Å². The van der Waals surface area contributed by atoms with E-state index in [1.54, 1.807) is 22.7 Å². The summed E-state index contributed by atoms with van der Waals surface area (Å²) in [4.78, 5) is 8.68. The van der Waals surface area contributed by atoms with Gasteiger partial charge in [0.05, 0.1) is 33.0 Å². The first-order chi connectivity index (χ1) is 8.33. The van der Waals surface area contributed by atoms with E-state index in [2.05, 4.69) is 15.3 Å². The molecule has 0 spiro atoms. The van der Waals surface area contributed by atoms with Gasteiger partial charge in [0.25, 0.3) is 0 Å². The van der Waals surface area contributed by atoms with Crippen molar-refractivity contribution in [1.29, 1.82) is 0 Å². The lowest BCUT2D eigenvalue weighted by Gasteiger charge is -1.97. The van der Waals surface area contributed by atoms with Gasteiger partial charge in [0.1, 0.15) is 0 Å². The van der Waals surface area contributed by atoms with Crippen LogP contribution in [0, 0.1) is 0 Å². The largest absolute Gasteiger partial charge is 0.356 e. The van der Waals surface area contributed by atoms with Crippen molar-refractivity contribution in [1.82, 2.24) is 9.97 Å². The molecule has 3 aromatic rings. The third-order valence-electron chi connectivity index (χ3n) is 2.27. The Kier molecular flexibility index (Phi) is 2.96. The predicted molar refractivity (Wildman–Crippen MR) is 74.1 cm³/mol. The van der Waals surface area contributed by atoms with Crippen LogP contribution in [-0.4, -0.2) is 9.97 Å². The van der Waals surface area contributed by atoms with Crippen molar-refractivity contribution in [3.05, 3.63) is 39.8 Å². The quantitative estimate of drug-likeness (QED) is 0.788. The number of hydrogen-bond donors (Lipinski definition) is 1. The topological polar surface area (TPSA) is 37.8 Å². The number of nitrogens with one attached hydrogen (secondary N) is 1. The molecule has 17 heavy (non-hydrogen) atoms. The Bertz CT molecular complexity index is 633. The summed E-state index contributed by atoms with van der Waals surface area (Å²) in [7, 11) is 0. The molecule has 2 heterocycles. The molecule has 0 aliphatic heterocycles. The SMILES string of the molecule is Clc1cccc2nc(NCc3cscn3)sc12. The number of rotatable bonds is 3. The molecule has 3 rings (SSSR count).